The molecule has 1 unspecified atom stereocenters. The zero-order chi connectivity index (χ0) is 20.4. The fourth-order valence-corrected chi connectivity index (χ4v) is 4.14. The lowest BCUT2D eigenvalue weighted by Gasteiger charge is -2.30. The van der Waals surface area contributed by atoms with Crippen LogP contribution in [0.25, 0.3) is 16.3 Å². The number of aromatic nitrogens is 1. The molecule has 0 fully saturated rings. The largest absolute Gasteiger partial charge is 0.459 e. The van der Waals surface area contributed by atoms with Crippen molar-refractivity contribution in [3.05, 3.63) is 71.2 Å². The number of thiazole rings is 1. The third-order valence-corrected chi connectivity index (χ3v) is 6.04. The molecule has 0 aliphatic heterocycles. The molecule has 2 aromatic carbocycles. The van der Waals surface area contributed by atoms with Crippen LogP contribution < -0.4 is 0 Å². The maximum Gasteiger partial charge on any atom is 0.319 e. The van der Waals surface area contributed by atoms with Crippen LogP contribution in [0.2, 0.25) is 0 Å². The van der Waals surface area contributed by atoms with Crippen LogP contribution in [-0.4, -0.2) is 16.6 Å². The minimum Gasteiger partial charge on any atom is -0.459 e. The Bertz CT molecular complexity index is 949. The van der Waals surface area contributed by atoms with Gasteiger partial charge in [0.1, 0.15) is 16.0 Å². The molecule has 0 bridgehead atoms. The predicted octanol–water partition coefficient (Wildman–Crippen LogP) is 6.17. The number of rotatable bonds is 6. The van der Waals surface area contributed by atoms with Gasteiger partial charge in [0.25, 0.3) is 0 Å². The topological polar surface area (TPSA) is 39.2 Å². The van der Waals surface area contributed by atoms with Crippen molar-refractivity contribution < 1.29 is 9.53 Å². The van der Waals surface area contributed by atoms with E-state index >= 15 is 0 Å². The molecule has 0 saturated carbocycles. The lowest BCUT2D eigenvalue weighted by Crippen LogP contribution is -2.39. The van der Waals surface area contributed by atoms with Gasteiger partial charge in [-0.2, -0.15) is 0 Å². The fourth-order valence-electron chi connectivity index (χ4n) is 3.01. The standard InChI is InChI=1S/C24H27NO2S/c1-6-17-11-13-18(14-12-17)15-16-24(5,22(26)27-23(2,3)4)21-25-19-9-7-8-10-20(19)28-21/h6-14H,1,15-16H2,2-5H3. The number of hydrogen-bond donors (Lipinski definition) is 0. The minimum absolute atomic E-state index is 0.221. The third kappa shape index (κ3) is 4.50. The lowest BCUT2D eigenvalue weighted by atomic mass is 9.84. The molecule has 0 radical (unpaired) electrons. The van der Waals surface area contributed by atoms with E-state index in [9.17, 15) is 4.79 Å². The molecule has 0 N–H and O–H groups in total. The van der Waals surface area contributed by atoms with Gasteiger partial charge < -0.3 is 4.74 Å². The summed E-state index contributed by atoms with van der Waals surface area (Å²) in [5, 5.41) is 0.811. The third-order valence-electron chi connectivity index (χ3n) is 4.74. The molecule has 1 aromatic heterocycles. The Morgan fingerprint density at radius 1 is 1.11 bits per heavy atom. The number of fused-ring (bicyclic) bond motifs is 1. The summed E-state index contributed by atoms with van der Waals surface area (Å²) in [7, 11) is 0. The number of carbonyl (C=O) groups is 1. The van der Waals surface area contributed by atoms with Gasteiger partial charge in [0.2, 0.25) is 0 Å². The summed E-state index contributed by atoms with van der Waals surface area (Å²) in [6, 6.07) is 16.3. The van der Waals surface area contributed by atoms with E-state index in [1.807, 2.05) is 70.2 Å². The molecule has 28 heavy (non-hydrogen) atoms. The first kappa shape index (κ1) is 20.3. The van der Waals surface area contributed by atoms with Gasteiger partial charge in [-0.1, -0.05) is 49.1 Å². The van der Waals surface area contributed by atoms with E-state index in [1.165, 1.54) is 5.56 Å². The Morgan fingerprint density at radius 3 is 2.39 bits per heavy atom. The fraction of sp³-hybridized carbons (Fsp3) is 0.333. The van der Waals surface area contributed by atoms with Gasteiger partial charge >= 0.3 is 5.97 Å². The zero-order valence-corrected chi connectivity index (χ0v) is 17.8. The number of benzene rings is 2. The number of nitrogens with zero attached hydrogens (tertiary/aromatic N) is 1. The van der Waals surface area contributed by atoms with Crippen LogP contribution in [-0.2, 0) is 21.4 Å². The summed E-state index contributed by atoms with van der Waals surface area (Å²) in [4.78, 5) is 18.0. The molecule has 1 heterocycles. The SMILES string of the molecule is C=Cc1ccc(CCC(C)(C(=O)OC(C)(C)C)c2nc3ccccc3s2)cc1. The quantitative estimate of drug-likeness (QED) is 0.470. The number of para-hydroxylation sites is 1. The molecule has 3 nitrogen and oxygen atoms in total. The summed E-state index contributed by atoms with van der Waals surface area (Å²) in [5.41, 5.74) is 1.85. The Hall–Kier alpha value is -2.46. The summed E-state index contributed by atoms with van der Waals surface area (Å²) in [6.07, 6.45) is 3.23. The highest BCUT2D eigenvalue weighted by molar-refractivity contribution is 7.18. The van der Waals surface area contributed by atoms with Crippen LogP contribution >= 0.6 is 11.3 Å². The molecule has 146 valence electrons. The lowest BCUT2D eigenvalue weighted by molar-refractivity contribution is -0.161. The number of carbonyl (C=O) groups excluding carboxylic acids is 1. The number of esters is 1. The van der Waals surface area contributed by atoms with Gasteiger partial charge in [-0.05, 0) is 63.8 Å². The highest BCUT2D eigenvalue weighted by Crippen LogP contribution is 2.37. The van der Waals surface area contributed by atoms with Gasteiger partial charge in [0.15, 0.2) is 0 Å². The highest BCUT2D eigenvalue weighted by atomic mass is 32.1. The second kappa shape index (κ2) is 7.88. The number of ether oxygens (including phenoxy) is 1. The van der Waals surface area contributed by atoms with Gasteiger partial charge in [-0.3, -0.25) is 4.79 Å². The first-order valence-corrected chi connectivity index (χ1v) is 10.3. The van der Waals surface area contributed by atoms with Crippen LogP contribution in [0, 0.1) is 0 Å². The number of aryl methyl sites for hydroxylation is 1. The van der Waals surface area contributed by atoms with Crippen LogP contribution in [0.15, 0.2) is 55.1 Å². The van der Waals surface area contributed by atoms with Crippen LogP contribution in [0.3, 0.4) is 0 Å². The van der Waals surface area contributed by atoms with E-state index in [2.05, 4.69) is 18.7 Å². The molecule has 3 rings (SSSR count). The summed E-state index contributed by atoms with van der Waals surface area (Å²) in [6.45, 7) is 11.5. The average Bonchev–Trinajstić information content (AvgIpc) is 3.10. The predicted molar refractivity (Wildman–Crippen MR) is 118 cm³/mol. The Labute approximate surface area is 171 Å². The summed E-state index contributed by atoms with van der Waals surface area (Å²) < 4.78 is 6.88. The average molecular weight is 394 g/mol. The molecule has 3 aromatic rings. The van der Waals surface area contributed by atoms with E-state index < -0.39 is 11.0 Å². The molecule has 0 aliphatic carbocycles. The Balaban J connectivity index is 1.93. The van der Waals surface area contributed by atoms with E-state index in [0.717, 1.165) is 27.2 Å². The molecule has 0 amide bonds. The van der Waals surface area contributed by atoms with E-state index in [0.29, 0.717) is 6.42 Å². The molecule has 0 spiro atoms. The number of hydrogen-bond acceptors (Lipinski definition) is 4. The minimum atomic E-state index is -0.798. The highest BCUT2D eigenvalue weighted by Gasteiger charge is 2.41. The monoisotopic (exact) mass is 393 g/mol. The summed E-state index contributed by atoms with van der Waals surface area (Å²) >= 11 is 1.57. The second-order valence-corrected chi connectivity index (χ2v) is 9.30. The molecule has 1 atom stereocenters. The first-order chi connectivity index (χ1) is 13.2. The maximum atomic E-state index is 13.2. The van der Waals surface area contributed by atoms with E-state index in [4.69, 9.17) is 9.72 Å². The van der Waals surface area contributed by atoms with Gasteiger partial charge in [0, 0.05) is 0 Å². The van der Waals surface area contributed by atoms with E-state index in [1.54, 1.807) is 11.3 Å². The zero-order valence-electron chi connectivity index (χ0n) is 17.0. The molecule has 4 heteroatoms. The van der Waals surface area contributed by atoms with Crippen molar-refractivity contribution in [2.24, 2.45) is 0 Å². The van der Waals surface area contributed by atoms with Crippen molar-refractivity contribution >= 4 is 33.6 Å². The van der Waals surface area contributed by atoms with Gasteiger partial charge in [0.05, 0.1) is 10.2 Å². The van der Waals surface area contributed by atoms with Crippen molar-refractivity contribution in [1.82, 2.24) is 4.98 Å². The van der Waals surface area contributed by atoms with Crippen LogP contribution in [0.5, 0.6) is 0 Å². The van der Waals surface area contributed by atoms with Gasteiger partial charge in [-0.25, -0.2) is 4.98 Å². The molecular weight excluding hydrogens is 366 g/mol. The molecule has 0 saturated heterocycles. The molecule has 0 aliphatic rings. The van der Waals surface area contributed by atoms with Gasteiger partial charge in [-0.15, -0.1) is 11.3 Å². The maximum absolute atomic E-state index is 13.2. The molecular formula is C24H27NO2S. The Morgan fingerprint density at radius 2 is 1.79 bits per heavy atom. The van der Waals surface area contributed by atoms with E-state index in [-0.39, 0.29) is 5.97 Å². The van der Waals surface area contributed by atoms with Crippen molar-refractivity contribution in [3.8, 4) is 0 Å². The van der Waals surface area contributed by atoms with Crippen molar-refractivity contribution in [1.29, 1.82) is 0 Å². The van der Waals surface area contributed by atoms with Crippen molar-refractivity contribution in [3.63, 3.8) is 0 Å². The van der Waals surface area contributed by atoms with Crippen LogP contribution in [0.1, 0.15) is 50.3 Å². The normalized spacial score (nSPS) is 13.9. The van der Waals surface area contributed by atoms with Crippen molar-refractivity contribution in [2.75, 3.05) is 0 Å². The Kier molecular flexibility index (Phi) is 5.71. The van der Waals surface area contributed by atoms with Crippen molar-refractivity contribution in [2.45, 2.75) is 51.6 Å². The summed E-state index contributed by atoms with van der Waals surface area (Å²) in [5.74, 6) is -0.221. The van der Waals surface area contributed by atoms with Crippen LogP contribution in [0.4, 0.5) is 0 Å². The smallest absolute Gasteiger partial charge is 0.319 e. The first-order valence-electron chi connectivity index (χ1n) is 9.52. The second-order valence-electron chi connectivity index (χ2n) is 8.27.